The zero-order valence-electron chi connectivity index (χ0n) is 10.1. The second-order valence-corrected chi connectivity index (χ2v) is 5.68. The van der Waals surface area contributed by atoms with Crippen molar-refractivity contribution in [1.29, 1.82) is 0 Å². The van der Waals surface area contributed by atoms with Crippen molar-refractivity contribution in [1.82, 2.24) is 0 Å². The fraction of sp³-hybridized carbons (Fsp3) is 0.857. The lowest BCUT2D eigenvalue weighted by Crippen LogP contribution is -2.14. The number of allylic oxidation sites excluding steroid dienone is 2. The van der Waals surface area contributed by atoms with E-state index < -0.39 is 0 Å². The zero-order chi connectivity index (χ0) is 10.3. The largest absolute Gasteiger partial charge is 0.0710 e. The first-order valence-corrected chi connectivity index (χ1v) is 6.29. The number of hydrogen-bond acceptors (Lipinski definition) is 0. The second-order valence-electron chi connectivity index (χ2n) is 5.68. The van der Waals surface area contributed by atoms with Crippen molar-refractivity contribution in [3.8, 4) is 0 Å². The SMILES string of the molecule is CC(=C1CCC1)C1CC(C)C(C)C1C. The van der Waals surface area contributed by atoms with Crippen molar-refractivity contribution in [3.05, 3.63) is 11.1 Å². The Morgan fingerprint density at radius 2 is 1.71 bits per heavy atom. The van der Waals surface area contributed by atoms with E-state index in [1.807, 2.05) is 0 Å². The molecule has 0 aromatic carbocycles. The minimum absolute atomic E-state index is 0.912. The Bertz CT molecular complexity index is 243. The van der Waals surface area contributed by atoms with Crippen LogP contribution in [0.2, 0.25) is 0 Å². The van der Waals surface area contributed by atoms with Gasteiger partial charge in [0.15, 0.2) is 0 Å². The van der Waals surface area contributed by atoms with Crippen LogP contribution in [0.3, 0.4) is 0 Å². The Kier molecular flexibility index (Phi) is 2.72. The summed E-state index contributed by atoms with van der Waals surface area (Å²) in [6.07, 6.45) is 5.69. The molecule has 14 heavy (non-hydrogen) atoms. The summed E-state index contributed by atoms with van der Waals surface area (Å²) < 4.78 is 0. The molecule has 0 bridgehead atoms. The second kappa shape index (κ2) is 3.72. The van der Waals surface area contributed by atoms with Gasteiger partial charge in [-0.15, -0.1) is 0 Å². The van der Waals surface area contributed by atoms with Crippen LogP contribution in [0.15, 0.2) is 11.1 Å². The summed E-state index contributed by atoms with van der Waals surface area (Å²) in [4.78, 5) is 0. The van der Waals surface area contributed by atoms with E-state index in [0.29, 0.717) is 0 Å². The molecule has 2 aliphatic rings. The molecule has 0 nitrogen and oxygen atoms in total. The van der Waals surface area contributed by atoms with Gasteiger partial charge in [-0.1, -0.05) is 31.9 Å². The average molecular weight is 192 g/mol. The Balaban J connectivity index is 2.12. The van der Waals surface area contributed by atoms with E-state index in [0.717, 1.165) is 23.7 Å². The normalized spacial score (nSPS) is 42.4. The summed E-state index contributed by atoms with van der Waals surface area (Å²) in [5.41, 5.74) is 3.56. The lowest BCUT2D eigenvalue weighted by Gasteiger charge is -2.26. The molecule has 2 fully saturated rings. The molecule has 0 amide bonds. The summed E-state index contributed by atoms with van der Waals surface area (Å²) in [6.45, 7) is 9.73. The summed E-state index contributed by atoms with van der Waals surface area (Å²) in [5, 5.41) is 0. The quantitative estimate of drug-likeness (QED) is 0.540. The van der Waals surface area contributed by atoms with Gasteiger partial charge in [0.2, 0.25) is 0 Å². The van der Waals surface area contributed by atoms with E-state index in [-0.39, 0.29) is 0 Å². The Hall–Kier alpha value is -0.260. The van der Waals surface area contributed by atoms with E-state index in [2.05, 4.69) is 27.7 Å². The predicted molar refractivity (Wildman–Crippen MR) is 62.2 cm³/mol. The van der Waals surface area contributed by atoms with Gasteiger partial charge in [0, 0.05) is 0 Å². The van der Waals surface area contributed by atoms with Crippen LogP contribution in [0.4, 0.5) is 0 Å². The fourth-order valence-electron chi connectivity index (χ4n) is 3.30. The van der Waals surface area contributed by atoms with Crippen molar-refractivity contribution >= 4 is 0 Å². The van der Waals surface area contributed by atoms with Crippen molar-refractivity contribution in [2.75, 3.05) is 0 Å². The molecule has 0 spiro atoms. The third kappa shape index (κ3) is 1.53. The van der Waals surface area contributed by atoms with Gasteiger partial charge in [-0.25, -0.2) is 0 Å². The van der Waals surface area contributed by atoms with E-state index in [1.165, 1.54) is 25.7 Å². The van der Waals surface area contributed by atoms with Gasteiger partial charge in [-0.05, 0) is 56.3 Å². The van der Waals surface area contributed by atoms with Gasteiger partial charge >= 0.3 is 0 Å². The molecule has 0 N–H and O–H groups in total. The Morgan fingerprint density at radius 1 is 1.07 bits per heavy atom. The highest BCUT2D eigenvalue weighted by atomic mass is 14.4. The van der Waals surface area contributed by atoms with Crippen LogP contribution in [0.1, 0.15) is 53.4 Å². The van der Waals surface area contributed by atoms with E-state index >= 15 is 0 Å². The smallest absolute Gasteiger partial charge is 0.0172 e. The fourth-order valence-corrected chi connectivity index (χ4v) is 3.30. The first kappa shape index (κ1) is 10.3. The van der Waals surface area contributed by atoms with Crippen LogP contribution in [0, 0.1) is 23.7 Å². The molecule has 2 rings (SSSR count). The van der Waals surface area contributed by atoms with Gasteiger partial charge in [-0.2, -0.15) is 0 Å². The predicted octanol–water partition coefficient (Wildman–Crippen LogP) is 4.42. The van der Waals surface area contributed by atoms with Crippen LogP contribution < -0.4 is 0 Å². The van der Waals surface area contributed by atoms with Crippen LogP contribution >= 0.6 is 0 Å². The first-order chi connectivity index (χ1) is 6.61. The summed E-state index contributed by atoms with van der Waals surface area (Å²) in [5.74, 6) is 3.69. The number of rotatable bonds is 1. The zero-order valence-corrected chi connectivity index (χ0v) is 10.1. The maximum absolute atomic E-state index is 2.46. The van der Waals surface area contributed by atoms with Gasteiger partial charge in [0.1, 0.15) is 0 Å². The van der Waals surface area contributed by atoms with Crippen molar-refractivity contribution in [2.24, 2.45) is 23.7 Å². The molecule has 4 atom stereocenters. The Labute approximate surface area is 88.8 Å². The van der Waals surface area contributed by atoms with Crippen molar-refractivity contribution in [3.63, 3.8) is 0 Å². The summed E-state index contributed by atoms with van der Waals surface area (Å²) in [6, 6.07) is 0. The highest BCUT2D eigenvalue weighted by molar-refractivity contribution is 5.22. The topological polar surface area (TPSA) is 0 Å². The molecule has 0 aromatic rings. The van der Waals surface area contributed by atoms with Crippen LogP contribution in [-0.4, -0.2) is 0 Å². The minimum Gasteiger partial charge on any atom is -0.0710 e. The lowest BCUT2D eigenvalue weighted by atomic mass is 9.79. The third-order valence-corrected chi connectivity index (χ3v) is 5.06. The van der Waals surface area contributed by atoms with Crippen LogP contribution in [0.25, 0.3) is 0 Å². The molecule has 0 aliphatic heterocycles. The number of hydrogen-bond donors (Lipinski definition) is 0. The molecule has 2 saturated carbocycles. The molecule has 4 unspecified atom stereocenters. The minimum atomic E-state index is 0.912. The van der Waals surface area contributed by atoms with Gasteiger partial charge in [0.25, 0.3) is 0 Å². The maximum atomic E-state index is 2.46. The molecule has 2 aliphatic carbocycles. The van der Waals surface area contributed by atoms with E-state index in [4.69, 9.17) is 0 Å². The van der Waals surface area contributed by atoms with E-state index in [1.54, 1.807) is 11.1 Å². The molecule has 0 saturated heterocycles. The average Bonchev–Trinajstić information content (AvgIpc) is 2.30. The molecule has 80 valence electrons. The molecule has 0 aromatic heterocycles. The molecule has 0 heterocycles. The third-order valence-electron chi connectivity index (χ3n) is 5.06. The lowest BCUT2D eigenvalue weighted by molar-refractivity contribution is 0.356. The standard InChI is InChI=1S/C14H24/c1-9-8-14(11(3)10(9)2)12(4)13-6-5-7-13/h9-11,14H,5-8H2,1-4H3. The first-order valence-electron chi connectivity index (χ1n) is 6.29. The van der Waals surface area contributed by atoms with Crippen LogP contribution in [-0.2, 0) is 0 Å². The highest BCUT2D eigenvalue weighted by Crippen LogP contribution is 2.46. The monoisotopic (exact) mass is 192 g/mol. The van der Waals surface area contributed by atoms with Gasteiger partial charge < -0.3 is 0 Å². The highest BCUT2D eigenvalue weighted by Gasteiger charge is 2.37. The molecule has 0 heteroatoms. The van der Waals surface area contributed by atoms with Gasteiger partial charge in [-0.3, -0.25) is 0 Å². The summed E-state index contributed by atoms with van der Waals surface area (Å²) >= 11 is 0. The van der Waals surface area contributed by atoms with Crippen molar-refractivity contribution < 1.29 is 0 Å². The van der Waals surface area contributed by atoms with Crippen LogP contribution in [0.5, 0.6) is 0 Å². The molecular weight excluding hydrogens is 168 g/mol. The molecular formula is C14H24. The Morgan fingerprint density at radius 3 is 2.07 bits per heavy atom. The molecule has 0 radical (unpaired) electrons. The van der Waals surface area contributed by atoms with E-state index in [9.17, 15) is 0 Å². The maximum Gasteiger partial charge on any atom is -0.0172 e. The summed E-state index contributed by atoms with van der Waals surface area (Å²) in [7, 11) is 0. The van der Waals surface area contributed by atoms with Crippen molar-refractivity contribution in [2.45, 2.75) is 53.4 Å². The van der Waals surface area contributed by atoms with Gasteiger partial charge in [0.05, 0.1) is 0 Å².